The smallest absolute Gasteiger partial charge is 0.243 e. The molecule has 2 N–H and O–H groups in total. The largest absolute Gasteiger partial charge is 0.346 e. The number of anilines is 1. The third kappa shape index (κ3) is 5.17. The third-order valence-electron chi connectivity index (χ3n) is 4.15. The van der Waals surface area contributed by atoms with Crippen molar-refractivity contribution in [3.8, 4) is 0 Å². The Morgan fingerprint density at radius 2 is 2.04 bits per heavy atom. The van der Waals surface area contributed by atoms with Crippen LogP contribution in [0.1, 0.15) is 24.8 Å². The van der Waals surface area contributed by atoms with E-state index in [-0.39, 0.29) is 6.54 Å². The second-order valence-electron chi connectivity index (χ2n) is 6.06. The van der Waals surface area contributed by atoms with Gasteiger partial charge in [-0.05, 0) is 37.5 Å². The molecule has 0 aliphatic carbocycles. The van der Waals surface area contributed by atoms with E-state index < -0.39 is 27.9 Å². The lowest BCUT2D eigenvalue weighted by Crippen LogP contribution is -2.52. The molecule has 2 amide bonds. The summed E-state index contributed by atoms with van der Waals surface area (Å²) >= 11 is 6.00. The number of sulfonamides is 1. The molecule has 0 spiro atoms. The van der Waals surface area contributed by atoms with E-state index in [1.54, 1.807) is 25.1 Å². The first-order chi connectivity index (χ1) is 11.7. The van der Waals surface area contributed by atoms with Gasteiger partial charge in [-0.15, -0.1) is 0 Å². The molecule has 0 radical (unpaired) electrons. The molecule has 0 aromatic heterocycles. The first-order valence-electron chi connectivity index (χ1n) is 7.99. The molecular weight excluding hydrogens is 366 g/mol. The highest BCUT2D eigenvalue weighted by Crippen LogP contribution is 2.23. The van der Waals surface area contributed by atoms with Gasteiger partial charge >= 0.3 is 0 Å². The summed E-state index contributed by atoms with van der Waals surface area (Å²) in [5.41, 5.74) is 1.31. The zero-order chi connectivity index (χ0) is 18.6. The Bertz CT molecular complexity index is 767. The fourth-order valence-electron chi connectivity index (χ4n) is 2.79. The molecule has 0 saturated carbocycles. The molecule has 25 heavy (non-hydrogen) atoms. The number of benzene rings is 1. The molecule has 1 unspecified atom stereocenters. The van der Waals surface area contributed by atoms with E-state index in [2.05, 4.69) is 10.6 Å². The van der Waals surface area contributed by atoms with Crippen LogP contribution in [-0.4, -0.2) is 49.9 Å². The Kier molecular flexibility index (Phi) is 6.42. The molecule has 1 fully saturated rings. The highest BCUT2D eigenvalue weighted by Gasteiger charge is 2.34. The Morgan fingerprint density at radius 1 is 1.32 bits per heavy atom. The number of rotatable bonds is 5. The molecule has 2 rings (SSSR count). The van der Waals surface area contributed by atoms with Crippen LogP contribution in [0.25, 0.3) is 0 Å². The van der Waals surface area contributed by atoms with Crippen LogP contribution in [0.4, 0.5) is 5.69 Å². The molecule has 9 heteroatoms. The normalized spacial score (nSPS) is 18.6. The molecule has 1 aliphatic heterocycles. The minimum absolute atomic E-state index is 0.237. The number of amides is 2. The maximum Gasteiger partial charge on any atom is 0.243 e. The summed E-state index contributed by atoms with van der Waals surface area (Å²) < 4.78 is 24.8. The van der Waals surface area contributed by atoms with E-state index in [4.69, 9.17) is 11.6 Å². The zero-order valence-corrected chi connectivity index (χ0v) is 15.8. The molecule has 1 atom stereocenters. The van der Waals surface area contributed by atoms with Crippen molar-refractivity contribution in [3.63, 3.8) is 0 Å². The van der Waals surface area contributed by atoms with Crippen molar-refractivity contribution < 1.29 is 18.0 Å². The Morgan fingerprint density at radius 3 is 2.72 bits per heavy atom. The van der Waals surface area contributed by atoms with E-state index in [1.165, 1.54) is 4.31 Å². The van der Waals surface area contributed by atoms with E-state index >= 15 is 0 Å². The number of piperidine rings is 1. The molecule has 1 saturated heterocycles. The predicted octanol–water partition coefficient (Wildman–Crippen LogP) is 1.52. The van der Waals surface area contributed by atoms with E-state index in [1.807, 2.05) is 0 Å². The van der Waals surface area contributed by atoms with Gasteiger partial charge in [0.25, 0.3) is 0 Å². The molecule has 0 bridgehead atoms. The topological polar surface area (TPSA) is 95.6 Å². The van der Waals surface area contributed by atoms with Crippen LogP contribution in [0, 0.1) is 6.92 Å². The monoisotopic (exact) mass is 387 g/mol. The highest BCUT2D eigenvalue weighted by atomic mass is 35.5. The summed E-state index contributed by atoms with van der Waals surface area (Å²) in [6.07, 6.45) is 3.05. The van der Waals surface area contributed by atoms with Gasteiger partial charge in [-0.25, -0.2) is 8.42 Å². The maximum atomic E-state index is 12.3. The average Bonchev–Trinajstić information content (AvgIpc) is 2.56. The van der Waals surface area contributed by atoms with Gasteiger partial charge < -0.3 is 10.6 Å². The van der Waals surface area contributed by atoms with Crippen LogP contribution < -0.4 is 10.6 Å². The molecule has 1 aliphatic rings. The van der Waals surface area contributed by atoms with Crippen molar-refractivity contribution in [1.82, 2.24) is 9.62 Å². The lowest BCUT2D eigenvalue weighted by Gasteiger charge is -2.32. The number of nitrogens with zero attached hydrogens (tertiary/aromatic N) is 1. The summed E-state index contributed by atoms with van der Waals surface area (Å²) in [5.74, 6) is -0.858. The van der Waals surface area contributed by atoms with Crippen LogP contribution in [-0.2, 0) is 19.6 Å². The Labute approximate surface area is 152 Å². The first kappa shape index (κ1) is 19.7. The SMILES string of the molecule is Cc1c(Cl)cccc1NC(=O)CNC(=O)C1CCCCN1S(C)(=O)=O. The molecule has 138 valence electrons. The van der Waals surface area contributed by atoms with Crippen LogP contribution in [0.5, 0.6) is 0 Å². The molecule has 1 heterocycles. The maximum absolute atomic E-state index is 12.3. The van der Waals surface area contributed by atoms with Crippen LogP contribution in [0.2, 0.25) is 5.02 Å². The summed E-state index contributed by atoms with van der Waals surface area (Å²) in [5, 5.41) is 5.73. The summed E-state index contributed by atoms with van der Waals surface area (Å²) in [7, 11) is -3.46. The van der Waals surface area contributed by atoms with Gasteiger partial charge in [0.15, 0.2) is 0 Å². The van der Waals surface area contributed by atoms with Crippen molar-refractivity contribution >= 4 is 39.1 Å². The van der Waals surface area contributed by atoms with E-state index in [0.717, 1.165) is 24.7 Å². The van der Waals surface area contributed by atoms with Crippen LogP contribution in [0.15, 0.2) is 18.2 Å². The third-order valence-corrected chi connectivity index (χ3v) is 5.85. The van der Waals surface area contributed by atoms with E-state index in [9.17, 15) is 18.0 Å². The standard InChI is InChI=1S/C16H22ClN3O4S/c1-11-12(17)6-5-7-13(11)19-15(21)10-18-16(22)14-8-3-4-9-20(14)25(2,23)24/h5-7,14H,3-4,8-10H2,1-2H3,(H,18,22)(H,19,21). The van der Waals surface area contributed by atoms with Crippen LogP contribution >= 0.6 is 11.6 Å². The molecular formula is C16H22ClN3O4S. The zero-order valence-electron chi connectivity index (χ0n) is 14.2. The quantitative estimate of drug-likeness (QED) is 0.800. The summed E-state index contributed by atoms with van der Waals surface area (Å²) in [4.78, 5) is 24.4. The number of nitrogens with one attached hydrogen (secondary N) is 2. The van der Waals surface area contributed by atoms with Crippen molar-refractivity contribution in [3.05, 3.63) is 28.8 Å². The highest BCUT2D eigenvalue weighted by molar-refractivity contribution is 7.88. The second kappa shape index (κ2) is 8.16. The summed E-state index contributed by atoms with van der Waals surface area (Å²) in [6, 6.07) is 4.39. The molecule has 1 aromatic carbocycles. The fraction of sp³-hybridized carbons (Fsp3) is 0.500. The van der Waals surface area contributed by atoms with Gasteiger partial charge in [-0.2, -0.15) is 4.31 Å². The lowest BCUT2D eigenvalue weighted by atomic mass is 10.0. The fourth-order valence-corrected chi connectivity index (χ4v) is 4.09. The Balaban J connectivity index is 1.94. The van der Waals surface area contributed by atoms with Gasteiger partial charge in [-0.1, -0.05) is 24.1 Å². The lowest BCUT2D eigenvalue weighted by molar-refractivity contribution is -0.127. The van der Waals surface area contributed by atoms with Crippen LogP contribution in [0.3, 0.4) is 0 Å². The van der Waals surface area contributed by atoms with Gasteiger partial charge in [0.2, 0.25) is 21.8 Å². The number of carbonyl (C=O) groups is 2. The number of halogens is 1. The van der Waals surface area contributed by atoms with Crippen molar-refractivity contribution in [2.24, 2.45) is 0 Å². The number of carbonyl (C=O) groups excluding carboxylic acids is 2. The van der Waals surface area contributed by atoms with Crippen molar-refractivity contribution in [1.29, 1.82) is 0 Å². The average molecular weight is 388 g/mol. The number of hydrogen-bond donors (Lipinski definition) is 2. The van der Waals surface area contributed by atoms with Gasteiger partial charge in [0.1, 0.15) is 6.04 Å². The minimum atomic E-state index is -3.46. The molecule has 7 nitrogen and oxygen atoms in total. The first-order valence-corrected chi connectivity index (χ1v) is 10.2. The van der Waals surface area contributed by atoms with Crippen molar-refractivity contribution in [2.45, 2.75) is 32.2 Å². The second-order valence-corrected chi connectivity index (χ2v) is 8.41. The van der Waals surface area contributed by atoms with Gasteiger partial charge in [0, 0.05) is 17.3 Å². The minimum Gasteiger partial charge on any atom is -0.346 e. The van der Waals surface area contributed by atoms with Gasteiger partial charge in [0.05, 0.1) is 12.8 Å². The van der Waals surface area contributed by atoms with Crippen molar-refractivity contribution in [2.75, 3.05) is 24.7 Å². The van der Waals surface area contributed by atoms with E-state index in [0.29, 0.717) is 23.7 Å². The molecule has 1 aromatic rings. The predicted molar refractivity (Wildman–Crippen MR) is 97.0 cm³/mol. The Hall–Kier alpha value is -1.64. The number of hydrogen-bond acceptors (Lipinski definition) is 4. The van der Waals surface area contributed by atoms with Gasteiger partial charge in [-0.3, -0.25) is 9.59 Å². The summed E-state index contributed by atoms with van der Waals surface area (Å²) in [6.45, 7) is 1.87.